The van der Waals surface area contributed by atoms with E-state index in [0.717, 1.165) is 19.3 Å². The standard InChI is InChI=1S/C17H23N3O3/c21-16(20-14-7-4-9-18-12-14)11-15(17(22)23)19-10-8-13-5-2-1-3-6-13/h4-5,7,9,12,15,19H,1-3,6,8,10-11H2,(H,20,21)(H,22,23). The summed E-state index contributed by atoms with van der Waals surface area (Å²) in [5.74, 6) is -1.35. The molecule has 6 nitrogen and oxygen atoms in total. The molecule has 0 bridgehead atoms. The van der Waals surface area contributed by atoms with E-state index in [0.29, 0.717) is 12.2 Å². The highest BCUT2D eigenvalue weighted by molar-refractivity contribution is 5.93. The number of pyridine rings is 1. The number of carboxylic acid groups (broad SMARTS) is 1. The Labute approximate surface area is 136 Å². The molecule has 1 atom stereocenters. The van der Waals surface area contributed by atoms with Gasteiger partial charge in [-0.25, -0.2) is 0 Å². The van der Waals surface area contributed by atoms with Gasteiger partial charge in [0.25, 0.3) is 0 Å². The van der Waals surface area contributed by atoms with E-state index in [1.165, 1.54) is 24.6 Å². The molecule has 0 saturated heterocycles. The predicted molar refractivity (Wildman–Crippen MR) is 88.1 cm³/mol. The average Bonchev–Trinajstić information content (AvgIpc) is 2.55. The fraction of sp³-hybridized carbons (Fsp3) is 0.471. The Balaban J connectivity index is 1.77. The van der Waals surface area contributed by atoms with E-state index in [1.54, 1.807) is 18.3 Å². The maximum absolute atomic E-state index is 11.9. The van der Waals surface area contributed by atoms with Crippen molar-refractivity contribution in [2.75, 3.05) is 11.9 Å². The Kier molecular flexibility index (Phi) is 6.75. The van der Waals surface area contributed by atoms with E-state index in [2.05, 4.69) is 21.7 Å². The Morgan fingerprint density at radius 2 is 2.22 bits per heavy atom. The SMILES string of the molecule is O=C(CC(NCCC1=CCCCC1)C(=O)O)Nc1cccnc1. The molecule has 6 heteroatoms. The van der Waals surface area contributed by atoms with Crippen molar-refractivity contribution >= 4 is 17.6 Å². The molecule has 1 heterocycles. The summed E-state index contributed by atoms with van der Waals surface area (Å²) < 4.78 is 0. The number of carboxylic acids is 1. The minimum atomic E-state index is -1.01. The molecule has 2 rings (SSSR count). The molecule has 0 aromatic carbocycles. The van der Waals surface area contributed by atoms with Crippen molar-refractivity contribution in [3.8, 4) is 0 Å². The zero-order valence-electron chi connectivity index (χ0n) is 13.1. The van der Waals surface area contributed by atoms with Crippen LogP contribution >= 0.6 is 0 Å². The van der Waals surface area contributed by atoms with E-state index in [4.69, 9.17) is 0 Å². The second-order valence-electron chi connectivity index (χ2n) is 5.70. The molecular formula is C17H23N3O3. The lowest BCUT2D eigenvalue weighted by Gasteiger charge is -2.16. The molecule has 0 spiro atoms. The number of anilines is 1. The summed E-state index contributed by atoms with van der Waals surface area (Å²) in [6, 6.07) is 2.54. The van der Waals surface area contributed by atoms with E-state index in [1.807, 2.05) is 0 Å². The first kappa shape index (κ1) is 17.1. The van der Waals surface area contributed by atoms with Gasteiger partial charge in [0.15, 0.2) is 0 Å². The molecule has 3 N–H and O–H groups in total. The van der Waals surface area contributed by atoms with Gasteiger partial charge in [0.05, 0.1) is 18.3 Å². The van der Waals surface area contributed by atoms with Crippen LogP contribution in [0.3, 0.4) is 0 Å². The van der Waals surface area contributed by atoms with Crippen molar-refractivity contribution < 1.29 is 14.7 Å². The highest BCUT2D eigenvalue weighted by atomic mass is 16.4. The number of rotatable bonds is 8. The Hall–Kier alpha value is -2.21. The summed E-state index contributed by atoms with van der Waals surface area (Å²) >= 11 is 0. The third-order valence-corrected chi connectivity index (χ3v) is 3.85. The minimum Gasteiger partial charge on any atom is -0.480 e. The largest absolute Gasteiger partial charge is 0.480 e. The third-order valence-electron chi connectivity index (χ3n) is 3.85. The molecule has 23 heavy (non-hydrogen) atoms. The molecule has 124 valence electrons. The van der Waals surface area contributed by atoms with Crippen LogP contribution in [0.25, 0.3) is 0 Å². The Morgan fingerprint density at radius 3 is 2.87 bits per heavy atom. The lowest BCUT2D eigenvalue weighted by Crippen LogP contribution is -2.40. The molecule has 0 fully saturated rings. The van der Waals surface area contributed by atoms with Crippen LogP contribution in [0.1, 0.15) is 38.5 Å². The topological polar surface area (TPSA) is 91.3 Å². The maximum Gasteiger partial charge on any atom is 0.321 e. The van der Waals surface area contributed by atoms with Gasteiger partial charge in [0, 0.05) is 6.20 Å². The molecule has 0 aliphatic heterocycles. The Bertz CT molecular complexity index is 557. The molecule has 0 saturated carbocycles. The van der Waals surface area contributed by atoms with Gasteiger partial charge in [-0.2, -0.15) is 0 Å². The van der Waals surface area contributed by atoms with Crippen LogP contribution in [0.15, 0.2) is 36.2 Å². The van der Waals surface area contributed by atoms with Crippen LogP contribution in [0.4, 0.5) is 5.69 Å². The fourth-order valence-corrected chi connectivity index (χ4v) is 2.62. The van der Waals surface area contributed by atoms with Gasteiger partial charge in [-0.3, -0.25) is 14.6 Å². The van der Waals surface area contributed by atoms with Gasteiger partial charge < -0.3 is 15.7 Å². The number of carbonyl (C=O) groups is 2. The van der Waals surface area contributed by atoms with Crippen molar-refractivity contribution in [1.82, 2.24) is 10.3 Å². The number of carbonyl (C=O) groups excluding carboxylic acids is 1. The normalized spacial score (nSPS) is 15.6. The second kappa shape index (κ2) is 9.05. The summed E-state index contributed by atoms with van der Waals surface area (Å²) in [6.45, 7) is 0.572. The van der Waals surface area contributed by atoms with E-state index in [-0.39, 0.29) is 12.3 Å². The summed E-state index contributed by atoms with van der Waals surface area (Å²) in [5.41, 5.74) is 1.95. The molecule has 1 aliphatic carbocycles. The molecule has 1 aliphatic rings. The van der Waals surface area contributed by atoms with Gasteiger partial charge in [-0.05, 0) is 50.8 Å². The molecule has 1 amide bonds. The number of hydrogen-bond donors (Lipinski definition) is 3. The lowest BCUT2D eigenvalue weighted by atomic mass is 9.97. The summed E-state index contributed by atoms with van der Waals surface area (Å²) in [6.07, 6.45) is 10.8. The van der Waals surface area contributed by atoms with Gasteiger partial charge in [-0.15, -0.1) is 0 Å². The van der Waals surface area contributed by atoms with Crippen LogP contribution in [-0.4, -0.2) is 34.6 Å². The van der Waals surface area contributed by atoms with Crippen LogP contribution in [0.2, 0.25) is 0 Å². The smallest absolute Gasteiger partial charge is 0.321 e. The van der Waals surface area contributed by atoms with Crippen LogP contribution < -0.4 is 10.6 Å². The van der Waals surface area contributed by atoms with Crippen molar-refractivity contribution in [2.24, 2.45) is 0 Å². The van der Waals surface area contributed by atoms with Crippen molar-refractivity contribution in [3.05, 3.63) is 36.2 Å². The van der Waals surface area contributed by atoms with E-state index >= 15 is 0 Å². The minimum absolute atomic E-state index is 0.108. The summed E-state index contributed by atoms with van der Waals surface area (Å²) in [7, 11) is 0. The number of allylic oxidation sites excluding steroid dienone is 1. The Morgan fingerprint density at radius 1 is 1.35 bits per heavy atom. The summed E-state index contributed by atoms with van der Waals surface area (Å²) in [5, 5.41) is 14.9. The first-order valence-electron chi connectivity index (χ1n) is 7.99. The number of amides is 1. The zero-order chi connectivity index (χ0) is 16.5. The highest BCUT2D eigenvalue weighted by Crippen LogP contribution is 2.19. The highest BCUT2D eigenvalue weighted by Gasteiger charge is 2.20. The zero-order valence-corrected chi connectivity index (χ0v) is 13.1. The maximum atomic E-state index is 11.9. The number of nitrogens with one attached hydrogen (secondary N) is 2. The molecule has 1 unspecified atom stereocenters. The van der Waals surface area contributed by atoms with Crippen molar-refractivity contribution in [3.63, 3.8) is 0 Å². The van der Waals surface area contributed by atoms with Crippen LogP contribution in [0.5, 0.6) is 0 Å². The van der Waals surface area contributed by atoms with E-state index in [9.17, 15) is 14.7 Å². The molecular weight excluding hydrogens is 294 g/mol. The van der Waals surface area contributed by atoms with Crippen molar-refractivity contribution in [1.29, 1.82) is 0 Å². The second-order valence-corrected chi connectivity index (χ2v) is 5.70. The first-order valence-corrected chi connectivity index (χ1v) is 7.99. The fourth-order valence-electron chi connectivity index (χ4n) is 2.62. The van der Waals surface area contributed by atoms with Crippen LogP contribution in [-0.2, 0) is 9.59 Å². The van der Waals surface area contributed by atoms with Gasteiger partial charge >= 0.3 is 5.97 Å². The molecule has 1 aromatic heterocycles. The number of nitrogens with zero attached hydrogens (tertiary/aromatic N) is 1. The monoisotopic (exact) mass is 317 g/mol. The van der Waals surface area contributed by atoms with Crippen molar-refractivity contribution in [2.45, 2.75) is 44.6 Å². The number of aromatic nitrogens is 1. The molecule has 0 radical (unpaired) electrons. The number of hydrogen-bond acceptors (Lipinski definition) is 4. The third kappa shape index (κ3) is 6.20. The molecule has 1 aromatic rings. The van der Waals surface area contributed by atoms with Gasteiger partial charge in [0.2, 0.25) is 5.91 Å². The lowest BCUT2D eigenvalue weighted by molar-refractivity contribution is -0.141. The predicted octanol–water partition coefficient (Wildman–Crippen LogP) is 2.34. The van der Waals surface area contributed by atoms with Gasteiger partial charge in [0.1, 0.15) is 6.04 Å². The number of aliphatic carboxylic acids is 1. The first-order chi connectivity index (χ1) is 11.1. The van der Waals surface area contributed by atoms with Crippen LogP contribution in [0, 0.1) is 0 Å². The quantitative estimate of drug-likeness (QED) is 0.640. The van der Waals surface area contributed by atoms with E-state index < -0.39 is 12.0 Å². The average molecular weight is 317 g/mol. The summed E-state index contributed by atoms with van der Waals surface area (Å²) in [4.78, 5) is 27.1. The van der Waals surface area contributed by atoms with Gasteiger partial charge in [-0.1, -0.05) is 11.6 Å².